The van der Waals surface area contributed by atoms with Crippen LogP contribution in [0.4, 0.5) is 0 Å². The molecule has 3 nitrogen and oxygen atoms in total. The summed E-state index contributed by atoms with van der Waals surface area (Å²) in [5.41, 5.74) is 1.36. The lowest BCUT2D eigenvalue weighted by molar-refractivity contribution is 0.349. The molecule has 1 unspecified atom stereocenters. The van der Waals surface area contributed by atoms with Crippen molar-refractivity contribution in [3.63, 3.8) is 0 Å². The van der Waals surface area contributed by atoms with Gasteiger partial charge in [-0.05, 0) is 38.1 Å². The average Bonchev–Trinajstić information content (AvgIpc) is 2.72. The quantitative estimate of drug-likeness (QED) is 0.752. The second kappa shape index (κ2) is 2.84. The molecule has 0 amide bonds. The van der Waals surface area contributed by atoms with Gasteiger partial charge in [-0.3, -0.25) is 0 Å². The third-order valence-electron chi connectivity index (χ3n) is 3.02. The first kappa shape index (κ1) is 7.56. The average molecular weight is 178 g/mol. The molecule has 1 aliphatic carbocycles. The van der Waals surface area contributed by atoms with Crippen molar-refractivity contribution in [3.05, 3.63) is 17.5 Å². The fourth-order valence-electron chi connectivity index (χ4n) is 2.13. The Balaban J connectivity index is 1.88. The van der Waals surface area contributed by atoms with Gasteiger partial charge in [0.15, 0.2) is 5.76 Å². The highest BCUT2D eigenvalue weighted by molar-refractivity contribution is 5.26. The van der Waals surface area contributed by atoms with Crippen LogP contribution in [0.25, 0.3) is 0 Å². The summed E-state index contributed by atoms with van der Waals surface area (Å²) in [6.45, 7) is 1.12. The standard InChI is InChI=1S/C10H14N2O/c1-2-9(11-5-1)10-8(6-12-13-10)7-3-4-7/h6-7,9,11H,1-5H2. The van der Waals surface area contributed by atoms with E-state index >= 15 is 0 Å². The van der Waals surface area contributed by atoms with Crippen LogP contribution < -0.4 is 5.32 Å². The molecule has 1 saturated carbocycles. The van der Waals surface area contributed by atoms with Gasteiger partial charge in [0, 0.05) is 5.56 Å². The van der Waals surface area contributed by atoms with Crippen LogP contribution in [-0.2, 0) is 0 Å². The highest BCUT2D eigenvalue weighted by Crippen LogP contribution is 2.43. The van der Waals surface area contributed by atoms with Crippen LogP contribution in [0, 0.1) is 0 Å². The smallest absolute Gasteiger partial charge is 0.157 e. The fourth-order valence-corrected chi connectivity index (χ4v) is 2.13. The Morgan fingerprint density at radius 1 is 1.38 bits per heavy atom. The largest absolute Gasteiger partial charge is 0.359 e. The van der Waals surface area contributed by atoms with Crippen LogP contribution in [-0.4, -0.2) is 11.7 Å². The molecule has 0 aromatic carbocycles. The van der Waals surface area contributed by atoms with Gasteiger partial charge >= 0.3 is 0 Å². The van der Waals surface area contributed by atoms with Gasteiger partial charge < -0.3 is 9.84 Å². The fraction of sp³-hybridized carbons (Fsp3) is 0.700. The van der Waals surface area contributed by atoms with E-state index in [9.17, 15) is 0 Å². The van der Waals surface area contributed by atoms with Crippen LogP contribution >= 0.6 is 0 Å². The molecule has 0 radical (unpaired) electrons. The second-order valence-electron chi connectivity index (χ2n) is 4.07. The normalized spacial score (nSPS) is 28.2. The summed E-state index contributed by atoms with van der Waals surface area (Å²) < 4.78 is 5.34. The van der Waals surface area contributed by atoms with Crippen molar-refractivity contribution in [3.8, 4) is 0 Å². The lowest BCUT2D eigenvalue weighted by Gasteiger charge is -2.07. The summed E-state index contributed by atoms with van der Waals surface area (Å²) in [4.78, 5) is 0. The van der Waals surface area contributed by atoms with E-state index in [1.165, 1.54) is 31.2 Å². The van der Waals surface area contributed by atoms with Crippen molar-refractivity contribution in [2.45, 2.75) is 37.6 Å². The maximum atomic E-state index is 5.34. The van der Waals surface area contributed by atoms with Crippen molar-refractivity contribution in [2.75, 3.05) is 6.54 Å². The molecule has 13 heavy (non-hydrogen) atoms. The van der Waals surface area contributed by atoms with Gasteiger partial charge in [0.05, 0.1) is 12.2 Å². The van der Waals surface area contributed by atoms with Crippen molar-refractivity contribution >= 4 is 0 Å². The predicted molar refractivity (Wildman–Crippen MR) is 48.5 cm³/mol. The Morgan fingerprint density at radius 3 is 3.00 bits per heavy atom. The summed E-state index contributed by atoms with van der Waals surface area (Å²) in [5, 5.41) is 7.36. The van der Waals surface area contributed by atoms with E-state index in [1.54, 1.807) is 0 Å². The molecule has 1 saturated heterocycles. The number of nitrogens with one attached hydrogen (secondary N) is 1. The van der Waals surface area contributed by atoms with E-state index in [-0.39, 0.29) is 0 Å². The van der Waals surface area contributed by atoms with E-state index in [0.717, 1.165) is 18.2 Å². The van der Waals surface area contributed by atoms with Crippen molar-refractivity contribution in [1.82, 2.24) is 10.5 Å². The molecule has 0 bridgehead atoms. The van der Waals surface area contributed by atoms with Gasteiger partial charge in [0.1, 0.15) is 0 Å². The SMILES string of the molecule is c1noc(C2CCCN2)c1C1CC1. The lowest BCUT2D eigenvalue weighted by Crippen LogP contribution is -2.13. The zero-order chi connectivity index (χ0) is 8.67. The molecule has 1 aromatic rings. The Bertz CT molecular complexity index is 298. The minimum absolute atomic E-state index is 0.443. The summed E-state index contributed by atoms with van der Waals surface area (Å²) in [6.07, 6.45) is 7.01. The summed E-state index contributed by atoms with van der Waals surface area (Å²) in [6, 6.07) is 0.443. The molecule has 2 fully saturated rings. The van der Waals surface area contributed by atoms with Crippen molar-refractivity contribution in [2.24, 2.45) is 0 Å². The summed E-state index contributed by atoms with van der Waals surface area (Å²) in [7, 11) is 0. The first-order chi connectivity index (χ1) is 6.45. The maximum absolute atomic E-state index is 5.34. The van der Waals surface area contributed by atoms with E-state index in [4.69, 9.17) is 4.52 Å². The van der Waals surface area contributed by atoms with Crippen molar-refractivity contribution < 1.29 is 4.52 Å². The minimum Gasteiger partial charge on any atom is -0.359 e. The van der Waals surface area contributed by atoms with Gasteiger partial charge in [-0.2, -0.15) is 0 Å². The van der Waals surface area contributed by atoms with Crippen LogP contribution in [0.3, 0.4) is 0 Å². The van der Waals surface area contributed by atoms with Gasteiger partial charge in [0.25, 0.3) is 0 Å². The Kier molecular flexibility index (Phi) is 1.65. The molecule has 3 heteroatoms. The van der Waals surface area contributed by atoms with Gasteiger partial charge in [-0.1, -0.05) is 5.16 Å². The van der Waals surface area contributed by atoms with Crippen LogP contribution in [0.15, 0.2) is 10.7 Å². The summed E-state index contributed by atoms with van der Waals surface area (Å²) in [5.74, 6) is 1.86. The third-order valence-corrected chi connectivity index (χ3v) is 3.02. The highest BCUT2D eigenvalue weighted by Gasteiger charge is 2.32. The van der Waals surface area contributed by atoms with Gasteiger partial charge in [0.2, 0.25) is 0 Å². The number of aromatic nitrogens is 1. The Labute approximate surface area is 77.5 Å². The monoisotopic (exact) mass is 178 g/mol. The topological polar surface area (TPSA) is 38.1 Å². The molecule has 1 atom stereocenters. The molecule has 0 spiro atoms. The molecule has 2 heterocycles. The van der Waals surface area contributed by atoms with E-state index in [1.807, 2.05) is 6.20 Å². The predicted octanol–water partition coefficient (Wildman–Crippen LogP) is 1.98. The van der Waals surface area contributed by atoms with Crippen LogP contribution in [0.1, 0.15) is 49.0 Å². The molecule has 1 aromatic heterocycles. The number of hydrogen-bond donors (Lipinski definition) is 1. The first-order valence-electron chi connectivity index (χ1n) is 5.13. The maximum Gasteiger partial charge on any atom is 0.157 e. The van der Waals surface area contributed by atoms with E-state index in [0.29, 0.717) is 6.04 Å². The summed E-state index contributed by atoms with van der Waals surface area (Å²) >= 11 is 0. The van der Waals surface area contributed by atoms with Crippen molar-refractivity contribution in [1.29, 1.82) is 0 Å². The molecule has 1 aliphatic heterocycles. The lowest BCUT2D eigenvalue weighted by atomic mass is 10.1. The molecule has 70 valence electrons. The van der Waals surface area contributed by atoms with Gasteiger partial charge in [-0.25, -0.2) is 0 Å². The molecule has 3 rings (SSSR count). The zero-order valence-corrected chi connectivity index (χ0v) is 7.62. The minimum atomic E-state index is 0.443. The van der Waals surface area contributed by atoms with Crippen LogP contribution in [0.5, 0.6) is 0 Å². The molecule has 1 N–H and O–H groups in total. The first-order valence-corrected chi connectivity index (χ1v) is 5.13. The zero-order valence-electron chi connectivity index (χ0n) is 7.62. The third kappa shape index (κ3) is 1.27. The number of hydrogen-bond acceptors (Lipinski definition) is 3. The Morgan fingerprint density at radius 2 is 2.31 bits per heavy atom. The molecule has 2 aliphatic rings. The van der Waals surface area contributed by atoms with E-state index in [2.05, 4.69) is 10.5 Å². The second-order valence-corrected chi connectivity index (χ2v) is 4.07. The highest BCUT2D eigenvalue weighted by atomic mass is 16.5. The number of rotatable bonds is 2. The van der Waals surface area contributed by atoms with Gasteiger partial charge in [-0.15, -0.1) is 0 Å². The Hall–Kier alpha value is -0.830. The van der Waals surface area contributed by atoms with Crippen LogP contribution in [0.2, 0.25) is 0 Å². The number of nitrogens with zero attached hydrogens (tertiary/aromatic N) is 1. The molecular weight excluding hydrogens is 164 g/mol. The van der Waals surface area contributed by atoms with E-state index < -0.39 is 0 Å². The molecular formula is C10H14N2O.